The second kappa shape index (κ2) is 11.0. The second-order valence-corrected chi connectivity index (χ2v) is 12.5. The highest BCUT2D eigenvalue weighted by molar-refractivity contribution is 7.99. The molecular weight excluding hydrogens is 585 g/mol. The molecule has 1 unspecified atom stereocenters. The number of ether oxygens (including phenoxy) is 2. The first-order valence-electron chi connectivity index (χ1n) is 12.7. The number of benzene rings is 2. The first-order chi connectivity index (χ1) is 18.9. The molecule has 2 aliphatic heterocycles. The third-order valence-electron chi connectivity index (χ3n) is 6.79. The molecular formula is C27H28Cl2F2N4O4S. The van der Waals surface area contributed by atoms with Crippen molar-refractivity contribution in [1.29, 1.82) is 0 Å². The molecule has 1 atom stereocenters. The zero-order valence-electron chi connectivity index (χ0n) is 22.4. The van der Waals surface area contributed by atoms with Crippen molar-refractivity contribution in [2.24, 2.45) is 0 Å². The van der Waals surface area contributed by atoms with Crippen LogP contribution < -0.4 is 10.6 Å². The predicted octanol–water partition coefficient (Wildman–Crippen LogP) is 5.83. The fourth-order valence-corrected chi connectivity index (χ4v) is 6.72. The third kappa shape index (κ3) is 5.48. The number of amides is 1. The van der Waals surface area contributed by atoms with E-state index in [1.807, 2.05) is 25.7 Å². The van der Waals surface area contributed by atoms with Crippen molar-refractivity contribution >= 4 is 57.8 Å². The minimum absolute atomic E-state index is 0.0278. The molecule has 1 amide bonds. The number of aromatic nitrogens is 2. The molecule has 1 fully saturated rings. The summed E-state index contributed by atoms with van der Waals surface area (Å²) in [6, 6.07) is 3.58. The summed E-state index contributed by atoms with van der Waals surface area (Å²) in [6.45, 7) is 7.24. The van der Waals surface area contributed by atoms with Crippen LogP contribution in [0, 0.1) is 11.6 Å². The first kappa shape index (κ1) is 28.9. The zero-order chi connectivity index (χ0) is 28.9. The molecule has 3 aromatic rings. The van der Waals surface area contributed by atoms with Gasteiger partial charge in [0.25, 0.3) is 0 Å². The molecule has 214 valence electrons. The Kier molecular flexibility index (Phi) is 7.95. The summed E-state index contributed by atoms with van der Waals surface area (Å²) in [5.74, 6) is -0.829. The lowest BCUT2D eigenvalue weighted by Crippen LogP contribution is -2.50. The van der Waals surface area contributed by atoms with Crippen molar-refractivity contribution in [3.8, 4) is 11.1 Å². The summed E-state index contributed by atoms with van der Waals surface area (Å²) in [7, 11) is 1.56. The number of rotatable bonds is 3. The Hall–Kier alpha value is -2.60. The molecule has 0 bridgehead atoms. The molecule has 0 saturated carbocycles. The topological polar surface area (TPSA) is 76.9 Å². The molecule has 13 heteroatoms. The van der Waals surface area contributed by atoms with Crippen LogP contribution >= 0.6 is 35.0 Å². The summed E-state index contributed by atoms with van der Waals surface area (Å²) >= 11 is 14.2. The number of hydrogen-bond acceptors (Lipinski definition) is 7. The van der Waals surface area contributed by atoms with Crippen LogP contribution in [0.25, 0.3) is 22.0 Å². The van der Waals surface area contributed by atoms with Crippen LogP contribution in [0.2, 0.25) is 10.0 Å². The zero-order valence-corrected chi connectivity index (χ0v) is 24.7. The molecule has 1 saturated heterocycles. The number of piperazine rings is 1. The molecule has 40 heavy (non-hydrogen) atoms. The molecule has 0 N–H and O–H groups in total. The Balaban J connectivity index is 1.64. The van der Waals surface area contributed by atoms with Crippen molar-refractivity contribution in [3.05, 3.63) is 50.4 Å². The van der Waals surface area contributed by atoms with E-state index >= 15 is 4.39 Å². The standard InChI is InChI=1S/C27H28Cl2F2N4O4S/c1-27(2,3)39-26(37)34-7-5-33(6-8-34)24-16-10-18(29)21(15-9-17(28)20(31)11-19(15)30)23-22(16)35(25(36)32-24)12-14(38-4)13-40-23/h9-11,14H,5-8,12-13H2,1-4H3. The fraction of sp³-hybridized carbons (Fsp3) is 0.444. The lowest BCUT2D eigenvalue weighted by Gasteiger charge is -2.36. The van der Waals surface area contributed by atoms with Crippen molar-refractivity contribution in [2.45, 2.75) is 43.9 Å². The Morgan fingerprint density at radius 3 is 2.42 bits per heavy atom. The van der Waals surface area contributed by atoms with Gasteiger partial charge in [0, 0.05) is 66.5 Å². The predicted molar refractivity (Wildman–Crippen MR) is 153 cm³/mol. The van der Waals surface area contributed by atoms with Crippen molar-refractivity contribution in [1.82, 2.24) is 14.5 Å². The highest BCUT2D eigenvalue weighted by Gasteiger charge is 2.31. The van der Waals surface area contributed by atoms with Crippen molar-refractivity contribution in [2.75, 3.05) is 43.9 Å². The third-order valence-corrected chi connectivity index (χ3v) is 8.61. The first-order valence-corrected chi connectivity index (χ1v) is 14.4. The summed E-state index contributed by atoms with van der Waals surface area (Å²) in [5.41, 5.74) is -0.225. The van der Waals surface area contributed by atoms with Crippen molar-refractivity contribution in [3.63, 3.8) is 0 Å². The van der Waals surface area contributed by atoms with Crippen LogP contribution in [0.1, 0.15) is 20.8 Å². The van der Waals surface area contributed by atoms with Gasteiger partial charge in [-0.25, -0.2) is 18.4 Å². The number of halogens is 4. The Bertz CT molecular complexity index is 1550. The van der Waals surface area contributed by atoms with E-state index < -0.39 is 29.0 Å². The summed E-state index contributed by atoms with van der Waals surface area (Å²) in [6.07, 6.45) is -0.722. The minimum Gasteiger partial charge on any atom is -0.444 e. The maximum atomic E-state index is 15.1. The van der Waals surface area contributed by atoms with Crippen LogP contribution in [-0.4, -0.2) is 71.3 Å². The average Bonchev–Trinajstić information content (AvgIpc) is 3.08. The van der Waals surface area contributed by atoms with Gasteiger partial charge >= 0.3 is 11.8 Å². The highest BCUT2D eigenvalue weighted by atomic mass is 35.5. The Morgan fingerprint density at radius 2 is 1.77 bits per heavy atom. The van der Waals surface area contributed by atoms with Crippen molar-refractivity contribution < 1.29 is 23.0 Å². The van der Waals surface area contributed by atoms with Gasteiger partial charge < -0.3 is 19.3 Å². The molecule has 2 aromatic carbocycles. The average molecular weight is 614 g/mol. The maximum Gasteiger partial charge on any atom is 0.410 e. The number of carbonyl (C=O) groups excluding carboxylic acids is 1. The number of nitrogens with zero attached hydrogens (tertiary/aromatic N) is 4. The molecule has 0 radical (unpaired) electrons. The molecule has 0 aliphatic carbocycles. The maximum absolute atomic E-state index is 15.1. The molecule has 8 nitrogen and oxygen atoms in total. The lowest BCUT2D eigenvalue weighted by atomic mass is 10.0. The summed E-state index contributed by atoms with van der Waals surface area (Å²) in [4.78, 5) is 34.6. The molecule has 3 heterocycles. The van der Waals surface area contributed by atoms with Crippen LogP contribution in [0.15, 0.2) is 27.9 Å². The Labute approximate surface area is 244 Å². The minimum atomic E-state index is -0.883. The van der Waals surface area contributed by atoms with Gasteiger partial charge in [0.2, 0.25) is 0 Å². The monoisotopic (exact) mass is 612 g/mol. The van der Waals surface area contributed by atoms with E-state index in [1.54, 1.807) is 18.1 Å². The van der Waals surface area contributed by atoms with E-state index in [1.165, 1.54) is 22.4 Å². The van der Waals surface area contributed by atoms with Gasteiger partial charge in [-0.1, -0.05) is 23.2 Å². The van der Waals surface area contributed by atoms with Gasteiger partial charge in [0.05, 0.1) is 28.2 Å². The number of hydrogen-bond donors (Lipinski definition) is 0. The van der Waals surface area contributed by atoms with E-state index in [-0.39, 0.29) is 28.3 Å². The highest BCUT2D eigenvalue weighted by Crippen LogP contribution is 2.46. The molecule has 5 rings (SSSR count). The Morgan fingerprint density at radius 1 is 1.07 bits per heavy atom. The smallest absolute Gasteiger partial charge is 0.410 e. The summed E-state index contributed by atoms with van der Waals surface area (Å²) in [5, 5.41) is 0.559. The normalized spacial score (nSPS) is 17.8. The number of thioether (sulfide) groups is 1. The molecule has 1 aromatic heterocycles. The SMILES string of the molecule is COC1CSc2c(-c3cc(Cl)c(F)cc3F)c(Cl)cc3c(N4CCN(C(=O)OC(C)(C)C)CC4)nc(=O)n(c23)C1. The van der Waals surface area contributed by atoms with Gasteiger partial charge in [-0.15, -0.1) is 11.8 Å². The molecule has 2 aliphatic rings. The number of carbonyl (C=O) groups is 1. The molecule has 0 spiro atoms. The van der Waals surface area contributed by atoms with Crippen LogP contribution in [-0.2, 0) is 16.0 Å². The van der Waals surface area contributed by atoms with E-state index in [2.05, 4.69) is 4.98 Å². The number of anilines is 1. The fourth-order valence-electron chi connectivity index (χ4n) is 4.88. The van der Waals surface area contributed by atoms with Gasteiger partial charge in [-0.3, -0.25) is 4.57 Å². The lowest BCUT2D eigenvalue weighted by molar-refractivity contribution is 0.0240. The second-order valence-electron chi connectivity index (χ2n) is 10.7. The van der Waals surface area contributed by atoms with E-state index in [0.29, 0.717) is 59.1 Å². The van der Waals surface area contributed by atoms with Gasteiger partial charge in [0.1, 0.15) is 23.1 Å². The van der Waals surface area contributed by atoms with Crippen LogP contribution in [0.3, 0.4) is 0 Å². The van der Waals surface area contributed by atoms with E-state index in [9.17, 15) is 14.0 Å². The quantitative estimate of drug-likeness (QED) is 0.345. The van der Waals surface area contributed by atoms with Crippen LogP contribution in [0.4, 0.5) is 19.4 Å². The van der Waals surface area contributed by atoms with E-state index in [0.717, 1.165) is 6.07 Å². The summed E-state index contributed by atoms with van der Waals surface area (Å²) < 4.78 is 41.7. The van der Waals surface area contributed by atoms with Gasteiger partial charge in [-0.2, -0.15) is 4.98 Å². The van der Waals surface area contributed by atoms with Crippen LogP contribution in [0.5, 0.6) is 0 Å². The van der Waals surface area contributed by atoms with E-state index in [4.69, 9.17) is 32.7 Å². The van der Waals surface area contributed by atoms with Gasteiger partial charge in [0.15, 0.2) is 0 Å². The number of methoxy groups -OCH3 is 1. The largest absolute Gasteiger partial charge is 0.444 e. The van der Waals surface area contributed by atoms with Gasteiger partial charge in [-0.05, 0) is 32.9 Å².